The number of cyclic esters (lactones) is 2. The number of hydrogen-bond donors (Lipinski definition) is 0. The van der Waals surface area contributed by atoms with Crippen molar-refractivity contribution in [3.8, 4) is 0 Å². The van der Waals surface area contributed by atoms with Gasteiger partial charge in [-0.1, -0.05) is 20.3 Å². The summed E-state index contributed by atoms with van der Waals surface area (Å²) in [6, 6.07) is 0. The van der Waals surface area contributed by atoms with Crippen LogP contribution in [0.1, 0.15) is 39.5 Å². The molecule has 1 heterocycles. The normalized spacial score (nSPS) is 28.8. The average molecular weight is 184 g/mol. The Morgan fingerprint density at radius 3 is 2.62 bits per heavy atom. The third kappa shape index (κ3) is 2.29. The number of carbonyl (C=O) groups excluding carboxylic acids is 2. The Hall–Kier alpha value is -0.860. The van der Waals surface area contributed by atoms with Gasteiger partial charge in [0.25, 0.3) is 0 Å². The van der Waals surface area contributed by atoms with Gasteiger partial charge < -0.3 is 4.74 Å². The predicted molar refractivity (Wildman–Crippen MR) is 47.9 cm³/mol. The molecule has 3 nitrogen and oxygen atoms in total. The summed E-state index contributed by atoms with van der Waals surface area (Å²) in [7, 11) is 0. The van der Waals surface area contributed by atoms with E-state index in [9.17, 15) is 9.59 Å². The Balaban J connectivity index is 2.65. The zero-order valence-electron chi connectivity index (χ0n) is 8.21. The first-order valence-electron chi connectivity index (χ1n) is 4.93. The molecule has 0 bridgehead atoms. The van der Waals surface area contributed by atoms with Crippen molar-refractivity contribution in [1.82, 2.24) is 0 Å². The second-order valence-corrected chi connectivity index (χ2v) is 3.56. The molecule has 1 rings (SSSR count). The summed E-state index contributed by atoms with van der Waals surface area (Å²) in [5.74, 6) is -0.522. The van der Waals surface area contributed by atoms with E-state index in [1.54, 1.807) is 0 Å². The minimum absolute atomic E-state index is 0.0577. The Labute approximate surface area is 78.5 Å². The predicted octanol–water partition coefficient (Wildman–Crippen LogP) is 1.90. The van der Waals surface area contributed by atoms with Crippen LogP contribution in [-0.4, -0.2) is 11.9 Å². The molecule has 2 atom stereocenters. The van der Waals surface area contributed by atoms with E-state index in [0.717, 1.165) is 19.3 Å². The summed E-state index contributed by atoms with van der Waals surface area (Å²) in [6.45, 7) is 4.03. The Morgan fingerprint density at radius 1 is 1.38 bits per heavy atom. The van der Waals surface area contributed by atoms with E-state index in [1.165, 1.54) is 0 Å². The van der Waals surface area contributed by atoms with Gasteiger partial charge in [-0.3, -0.25) is 9.59 Å². The van der Waals surface area contributed by atoms with E-state index >= 15 is 0 Å². The second-order valence-electron chi connectivity index (χ2n) is 3.56. The SMILES string of the molecule is CCCC1CC(=O)OC(=O)C1CC. The molecule has 1 aliphatic rings. The zero-order chi connectivity index (χ0) is 9.84. The van der Waals surface area contributed by atoms with Gasteiger partial charge in [0.1, 0.15) is 0 Å². The highest BCUT2D eigenvalue weighted by molar-refractivity contribution is 5.89. The maximum atomic E-state index is 11.3. The van der Waals surface area contributed by atoms with Crippen LogP contribution in [0.25, 0.3) is 0 Å². The topological polar surface area (TPSA) is 43.4 Å². The van der Waals surface area contributed by atoms with Crippen LogP contribution < -0.4 is 0 Å². The summed E-state index contributed by atoms with van der Waals surface area (Å²) in [5, 5.41) is 0. The lowest BCUT2D eigenvalue weighted by molar-refractivity contribution is -0.171. The van der Waals surface area contributed by atoms with Crippen molar-refractivity contribution in [3.63, 3.8) is 0 Å². The molecule has 0 aromatic rings. The monoisotopic (exact) mass is 184 g/mol. The van der Waals surface area contributed by atoms with Crippen LogP contribution >= 0.6 is 0 Å². The van der Waals surface area contributed by atoms with Gasteiger partial charge in [0.05, 0.1) is 5.92 Å². The zero-order valence-corrected chi connectivity index (χ0v) is 8.21. The van der Waals surface area contributed by atoms with E-state index in [0.29, 0.717) is 6.42 Å². The summed E-state index contributed by atoms with van der Waals surface area (Å²) in [5.41, 5.74) is 0. The Kier molecular flexibility index (Phi) is 3.46. The number of rotatable bonds is 3. The van der Waals surface area contributed by atoms with Gasteiger partial charge in [-0.05, 0) is 18.8 Å². The molecule has 1 fully saturated rings. The van der Waals surface area contributed by atoms with Gasteiger partial charge in [0, 0.05) is 6.42 Å². The van der Waals surface area contributed by atoms with Crippen molar-refractivity contribution in [2.45, 2.75) is 39.5 Å². The van der Waals surface area contributed by atoms with Crippen LogP contribution in [0, 0.1) is 11.8 Å². The highest BCUT2D eigenvalue weighted by Crippen LogP contribution is 2.29. The van der Waals surface area contributed by atoms with E-state index in [4.69, 9.17) is 0 Å². The summed E-state index contributed by atoms with van der Waals surface area (Å²) in [6.07, 6.45) is 3.15. The van der Waals surface area contributed by atoms with Gasteiger partial charge in [0.15, 0.2) is 0 Å². The number of esters is 2. The Morgan fingerprint density at radius 2 is 2.08 bits per heavy atom. The van der Waals surface area contributed by atoms with E-state index in [1.807, 2.05) is 6.92 Å². The van der Waals surface area contributed by atoms with Gasteiger partial charge in [0.2, 0.25) is 0 Å². The molecule has 0 saturated carbocycles. The molecule has 0 spiro atoms. The molecule has 0 aromatic heterocycles. The lowest BCUT2D eigenvalue weighted by Crippen LogP contribution is -2.35. The average Bonchev–Trinajstić information content (AvgIpc) is 2.04. The molecule has 0 aliphatic carbocycles. The lowest BCUT2D eigenvalue weighted by atomic mass is 9.83. The van der Waals surface area contributed by atoms with E-state index in [-0.39, 0.29) is 23.8 Å². The molecule has 13 heavy (non-hydrogen) atoms. The van der Waals surface area contributed by atoms with E-state index in [2.05, 4.69) is 11.7 Å². The van der Waals surface area contributed by atoms with Crippen molar-refractivity contribution >= 4 is 11.9 Å². The molecule has 0 amide bonds. The molecular weight excluding hydrogens is 168 g/mol. The van der Waals surface area contributed by atoms with Crippen LogP contribution in [0.2, 0.25) is 0 Å². The van der Waals surface area contributed by atoms with Gasteiger partial charge in [-0.25, -0.2) is 0 Å². The van der Waals surface area contributed by atoms with Crippen LogP contribution in [0.15, 0.2) is 0 Å². The summed E-state index contributed by atoms with van der Waals surface area (Å²) >= 11 is 0. The highest BCUT2D eigenvalue weighted by Gasteiger charge is 2.35. The molecule has 2 unspecified atom stereocenters. The molecule has 1 saturated heterocycles. The van der Waals surface area contributed by atoms with Gasteiger partial charge in [-0.2, -0.15) is 0 Å². The number of ether oxygens (including phenoxy) is 1. The van der Waals surface area contributed by atoms with Crippen molar-refractivity contribution in [2.75, 3.05) is 0 Å². The summed E-state index contributed by atoms with van der Waals surface area (Å²) in [4.78, 5) is 22.3. The van der Waals surface area contributed by atoms with Crippen molar-refractivity contribution < 1.29 is 14.3 Å². The number of hydrogen-bond acceptors (Lipinski definition) is 3. The Bertz CT molecular complexity index is 210. The first kappa shape index (κ1) is 10.2. The standard InChI is InChI=1S/C10H16O3/c1-3-5-7-6-9(11)13-10(12)8(7)4-2/h7-8H,3-6H2,1-2H3. The molecule has 1 aliphatic heterocycles. The molecule has 0 N–H and O–H groups in total. The van der Waals surface area contributed by atoms with Crippen LogP contribution in [-0.2, 0) is 14.3 Å². The van der Waals surface area contributed by atoms with Crippen LogP contribution in [0.5, 0.6) is 0 Å². The third-order valence-corrected chi connectivity index (χ3v) is 2.61. The van der Waals surface area contributed by atoms with Crippen molar-refractivity contribution in [1.29, 1.82) is 0 Å². The first-order valence-corrected chi connectivity index (χ1v) is 4.93. The third-order valence-electron chi connectivity index (χ3n) is 2.61. The maximum absolute atomic E-state index is 11.3. The highest BCUT2D eigenvalue weighted by atomic mass is 16.6. The van der Waals surface area contributed by atoms with E-state index < -0.39 is 0 Å². The molecule has 0 radical (unpaired) electrons. The first-order chi connectivity index (χ1) is 6.19. The van der Waals surface area contributed by atoms with Crippen LogP contribution in [0.3, 0.4) is 0 Å². The lowest BCUT2D eigenvalue weighted by Gasteiger charge is -2.27. The van der Waals surface area contributed by atoms with Gasteiger partial charge in [-0.15, -0.1) is 0 Å². The van der Waals surface area contributed by atoms with Crippen molar-refractivity contribution in [3.05, 3.63) is 0 Å². The quantitative estimate of drug-likeness (QED) is 0.497. The molecule has 0 aromatic carbocycles. The largest absolute Gasteiger partial charge is 0.393 e. The van der Waals surface area contributed by atoms with Crippen LogP contribution in [0.4, 0.5) is 0 Å². The smallest absolute Gasteiger partial charge is 0.316 e. The minimum Gasteiger partial charge on any atom is -0.393 e. The maximum Gasteiger partial charge on any atom is 0.316 e. The van der Waals surface area contributed by atoms with Gasteiger partial charge >= 0.3 is 11.9 Å². The molecular formula is C10H16O3. The van der Waals surface area contributed by atoms with Crippen molar-refractivity contribution in [2.24, 2.45) is 11.8 Å². The fourth-order valence-corrected chi connectivity index (χ4v) is 1.95. The second kappa shape index (κ2) is 4.40. The molecule has 74 valence electrons. The summed E-state index contributed by atoms with van der Waals surface area (Å²) < 4.78 is 4.59. The molecule has 3 heteroatoms. The fourth-order valence-electron chi connectivity index (χ4n) is 1.95. The minimum atomic E-state index is -0.354. The number of carbonyl (C=O) groups is 2. The fraction of sp³-hybridized carbons (Fsp3) is 0.800.